The van der Waals surface area contributed by atoms with E-state index in [2.05, 4.69) is 0 Å². The summed E-state index contributed by atoms with van der Waals surface area (Å²) in [6.07, 6.45) is 1.36. The van der Waals surface area contributed by atoms with E-state index in [4.69, 9.17) is 32.7 Å². The fraction of sp³-hybridized carbons (Fsp3) is 0.286. The lowest BCUT2D eigenvalue weighted by Crippen LogP contribution is -2.60. The minimum absolute atomic E-state index is 0.00760. The SMILES string of the molecule is COc1cc(C2C3=CCC4C(=O)N(c5ccc(C(=O)O)c(O)c5)C(=O)C4C3CC3(Cl)C(=O)N(c4ccc(F)cc4)C(=O)C23Cl)cc(OC)c1O. The smallest absolute Gasteiger partial charge is 0.339 e. The number of carboxylic acids is 1. The molecule has 0 bridgehead atoms. The van der Waals surface area contributed by atoms with Crippen LogP contribution in [0.1, 0.15) is 34.7 Å². The molecule has 50 heavy (non-hydrogen) atoms. The number of anilines is 2. The Labute approximate surface area is 293 Å². The van der Waals surface area contributed by atoms with Crippen molar-refractivity contribution in [2.24, 2.45) is 17.8 Å². The molecule has 2 aliphatic heterocycles. The number of hydrogen-bond acceptors (Lipinski definition) is 9. The fourth-order valence-electron chi connectivity index (χ4n) is 7.95. The maximum atomic E-state index is 14.5. The Morgan fingerprint density at radius 1 is 0.860 bits per heavy atom. The summed E-state index contributed by atoms with van der Waals surface area (Å²) in [5.74, 6) is -10.5. The number of carbonyl (C=O) groups excluding carboxylic acids is 4. The number of hydrogen-bond donors (Lipinski definition) is 3. The number of carboxylic acid groups (broad SMARTS) is 1. The van der Waals surface area contributed by atoms with Crippen molar-refractivity contribution in [3.05, 3.63) is 83.2 Å². The van der Waals surface area contributed by atoms with Crippen LogP contribution in [0.3, 0.4) is 0 Å². The van der Waals surface area contributed by atoms with Crippen molar-refractivity contribution in [1.29, 1.82) is 0 Å². The molecule has 2 saturated heterocycles. The van der Waals surface area contributed by atoms with Crippen LogP contribution in [0.15, 0.2) is 66.2 Å². The first kappa shape index (κ1) is 33.4. The van der Waals surface area contributed by atoms with Crippen molar-refractivity contribution in [2.45, 2.75) is 28.5 Å². The van der Waals surface area contributed by atoms with Gasteiger partial charge in [0.05, 0.1) is 37.4 Å². The fourth-order valence-corrected chi connectivity index (χ4v) is 8.88. The molecule has 3 aromatic rings. The van der Waals surface area contributed by atoms with Crippen LogP contribution in [0.2, 0.25) is 0 Å². The Bertz CT molecular complexity index is 2050. The average Bonchev–Trinajstić information content (AvgIpc) is 3.42. The van der Waals surface area contributed by atoms with Crippen molar-refractivity contribution in [3.63, 3.8) is 0 Å². The topological polar surface area (TPSA) is 171 Å². The lowest BCUT2D eigenvalue weighted by Gasteiger charge is -2.50. The second kappa shape index (κ2) is 11.5. The molecule has 3 aromatic carbocycles. The molecule has 0 aromatic heterocycles. The van der Waals surface area contributed by atoms with Crippen LogP contribution in [-0.4, -0.2) is 68.9 Å². The van der Waals surface area contributed by atoms with Gasteiger partial charge < -0.3 is 24.8 Å². The number of rotatable bonds is 6. The number of nitrogens with zero attached hydrogens (tertiary/aromatic N) is 2. The number of halogens is 3. The third kappa shape index (κ3) is 4.39. The summed E-state index contributed by atoms with van der Waals surface area (Å²) < 4.78 is 24.7. The maximum Gasteiger partial charge on any atom is 0.339 e. The first-order valence-corrected chi connectivity index (χ1v) is 16.1. The summed E-state index contributed by atoms with van der Waals surface area (Å²) in [5, 5.41) is 30.4. The number of aromatic hydroxyl groups is 2. The summed E-state index contributed by atoms with van der Waals surface area (Å²) in [7, 11) is 2.60. The molecular weight excluding hydrogens is 698 g/mol. The van der Waals surface area contributed by atoms with E-state index in [-0.39, 0.29) is 47.0 Å². The number of aromatic carboxylic acids is 1. The largest absolute Gasteiger partial charge is 0.507 e. The minimum atomic E-state index is -2.24. The quantitative estimate of drug-likeness (QED) is 0.184. The highest BCUT2D eigenvalue weighted by Crippen LogP contribution is 2.66. The molecule has 4 amide bonds. The number of methoxy groups -OCH3 is 2. The number of phenols is 2. The van der Waals surface area contributed by atoms with Gasteiger partial charge in [-0.05, 0) is 72.9 Å². The van der Waals surface area contributed by atoms with Gasteiger partial charge in [0.25, 0.3) is 11.8 Å². The zero-order valence-electron chi connectivity index (χ0n) is 26.2. The highest BCUT2D eigenvalue weighted by atomic mass is 35.5. The Hall–Kier alpha value is -5.14. The van der Waals surface area contributed by atoms with E-state index in [1.54, 1.807) is 6.08 Å². The van der Waals surface area contributed by atoms with Crippen LogP contribution >= 0.6 is 23.2 Å². The Morgan fingerprint density at radius 3 is 2.06 bits per heavy atom. The minimum Gasteiger partial charge on any atom is -0.507 e. The van der Waals surface area contributed by atoms with Crippen LogP contribution in [0, 0.1) is 23.6 Å². The zero-order chi connectivity index (χ0) is 36.0. The van der Waals surface area contributed by atoms with E-state index in [0.29, 0.717) is 5.57 Å². The van der Waals surface area contributed by atoms with E-state index >= 15 is 0 Å². The van der Waals surface area contributed by atoms with Gasteiger partial charge in [0, 0.05) is 12.0 Å². The van der Waals surface area contributed by atoms with Gasteiger partial charge in [0.1, 0.15) is 17.1 Å². The molecule has 3 N–H and O–H groups in total. The molecule has 4 aliphatic rings. The van der Waals surface area contributed by atoms with E-state index in [1.807, 2.05) is 0 Å². The molecule has 6 unspecified atom stereocenters. The normalized spacial score (nSPS) is 28.6. The number of amides is 4. The zero-order valence-corrected chi connectivity index (χ0v) is 27.7. The highest BCUT2D eigenvalue weighted by molar-refractivity contribution is 6.58. The van der Waals surface area contributed by atoms with Gasteiger partial charge in [0.2, 0.25) is 17.6 Å². The second-order valence-electron chi connectivity index (χ2n) is 12.5. The number of ether oxygens (including phenoxy) is 2. The molecule has 3 fully saturated rings. The number of phenolic OH excluding ortho intramolecular Hbond substituents is 1. The van der Waals surface area contributed by atoms with Gasteiger partial charge in [-0.2, -0.15) is 0 Å². The molecule has 6 atom stereocenters. The van der Waals surface area contributed by atoms with E-state index in [1.165, 1.54) is 44.6 Å². The number of fused-ring (bicyclic) bond motifs is 4. The van der Waals surface area contributed by atoms with Crippen LogP contribution in [0.4, 0.5) is 15.8 Å². The molecule has 7 rings (SSSR count). The molecule has 2 aliphatic carbocycles. The summed E-state index contributed by atoms with van der Waals surface area (Å²) in [6, 6.07) is 10.7. The van der Waals surface area contributed by atoms with Gasteiger partial charge in [-0.25, -0.2) is 19.0 Å². The number of allylic oxidation sites excluding steroid dienone is 2. The monoisotopic (exact) mass is 724 g/mol. The molecule has 0 spiro atoms. The van der Waals surface area contributed by atoms with Gasteiger partial charge in [-0.3, -0.25) is 19.2 Å². The van der Waals surface area contributed by atoms with Crippen molar-refractivity contribution < 1.29 is 53.2 Å². The van der Waals surface area contributed by atoms with Gasteiger partial charge in [-0.1, -0.05) is 11.6 Å². The van der Waals surface area contributed by atoms with Crippen LogP contribution in [-0.2, 0) is 19.2 Å². The van der Waals surface area contributed by atoms with Crippen molar-refractivity contribution >= 4 is 64.2 Å². The lowest BCUT2D eigenvalue weighted by atomic mass is 9.56. The lowest BCUT2D eigenvalue weighted by molar-refractivity contribution is -0.125. The Kier molecular flexibility index (Phi) is 7.64. The summed E-state index contributed by atoms with van der Waals surface area (Å²) >= 11 is 14.8. The maximum absolute atomic E-state index is 14.5. The predicted molar refractivity (Wildman–Crippen MR) is 175 cm³/mol. The molecule has 258 valence electrons. The number of benzene rings is 3. The van der Waals surface area contributed by atoms with E-state index in [0.717, 1.165) is 34.1 Å². The molecular formula is C35H27Cl2FN2O10. The third-order valence-electron chi connectivity index (χ3n) is 10.2. The van der Waals surface area contributed by atoms with Gasteiger partial charge in [0.15, 0.2) is 21.2 Å². The molecule has 12 nitrogen and oxygen atoms in total. The second-order valence-corrected chi connectivity index (χ2v) is 13.8. The average molecular weight is 726 g/mol. The summed E-state index contributed by atoms with van der Waals surface area (Å²) in [4.78, 5) is 65.8. The summed E-state index contributed by atoms with van der Waals surface area (Å²) in [6.45, 7) is 0. The van der Waals surface area contributed by atoms with Gasteiger partial charge >= 0.3 is 5.97 Å². The number of carbonyl (C=O) groups is 5. The van der Waals surface area contributed by atoms with Crippen molar-refractivity contribution in [1.82, 2.24) is 0 Å². The molecule has 15 heteroatoms. The summed E-state index contributed by atoms with van der Waals surface area (Å²) in [5.41, 5.74) is 0.202. The Morgan fingerprint density at radius 2 is 1.48 bits per heavy atom. The van der Waals surface area contributed by atoms with E-state index < -0.39 is 80.1 Å². The third-order valence-corrected chi connectivity index (χ3v) is 11.6. The van der Waals surface area contributed by atoms with Crippen LogP contribution < -0.4 is 19.3 Å². The standard InChI is InChI=1S/C35H27Cl2FN2O10/c1-49-24-11-15(12-25(50-2)28(24)42)27-19-9-10-21-26(30(44)39(29(21)43)18-7-8-20(31(45)46)23(41)13-18)22(19)14-34(36)32(47)40(33(48)35(27,34)37)17-5-3-16(38)4-6-17/h3-9,11-13,21-22,26-27,41-42H,10,14H2,1-2H3,(H,45,46). The van der Waals surface area contributed by atoms with Crippen molar-refractivity contribution in [2.75, 3.05) is 24.0 Å². The highest BCUT2D eigenvalue weighted by Gasteiger charge is 2.76. The van der Waals surface area contributed by atoms with E-state index in [9.17, 15) is 43.7 Å². The first-order chi connectivity index (χ1) is 23.7. The predicted octanol–water partition coefficient (Wildman–Crippen LogP) is 4.72. The van der Waals surface area contributed by atoms with Gasteiger partial charge in [-0.15, -0.1) is 23.2 Å². The van der Waals surface area contributed by atoms with Crippen LogP contribution in [0.5, 0.6) is 23.0 Å². The van der Waals surface area contributed by atoms with Crippen molar-refractivity contribution in [3.8, 4) is 23.0 Å². The molecule has 0 radical (unpaired) electrons. The number of imide groups is 2. The molecule has 2 heterocycles. The van der Waals surface area contributed by atoms with Crippen LogP contribution in [0.25, 0.3) is 0 Å². The first-order valence-electron chi connectivity index (χ1n) is 15.3. The number of alkyl halides is 2. The Balaban J connectivity index is 1.41. The molecule has 1 saturated carbocycles.